The second kappa shape index (κ2) is 11.3. The van der Waals surface area contributed by atoms with E-state index in [1.165, 1.54) is 22.6 Å². The first-order valence-electron chi connectivity index (χ1n) is 15.0. The van der Waals surface area contributed by atoms with Gasteiger partial charge in [0.1, 0.15) is 5.65 Å². The van der Waals surface area contributed by atoms with Gasteiger partial charge in [0, 0.05) is 24.3 Å². The monoisotopic (exact) mass is 637 g/mol. The predicted molar refractivity (Wildman–Crippen MR) is 165 cm³/mol. The highest BCUT2D eigenvalue weighted by Gasteiger charge is 2.36. The molecule has 244 valence electrons. The third-order valence-corrected chi connectivity index (χ3v) is 8.79. The zero-order valence-electron chi connectivity index (χ0n) is 25.9. The molecule has 1 aliphatic heterocycles. The minimum absolute atomic E-state index is 0.0454. The average Bonchev–Trinajstić information content (AvgIpc) is 3.81. The lowest BCUT2D eigenvalue weighted by Crippen LogP contribution is -2.41. The standard InChI is InChI=1S/C29H31FN6O5.C2H5NO2/c1-4-34-13-18(25(30)33-34)23-21(15-9-10-19-16(11-15)14-41-28(19,2)3)22-24-20(12-31-26(22)32-23)36(29(38,39)40)27(37)35(24)17-7-5-6-8-17;1-5-2(3)4/h9-13,17,38-40H,4-8,14H2,1-3H3,(H,31,32);1H3,(H2,3,4). The number of carbonyl (C=O) groups excluding carboxylic acids is 1. The molecule has 5 aromatic rings. The summed E-state index contributed by atoms with van der Waals surface area (Å²) in [6.45, 7) is 6.76. The molecule has 4 aromatic heterocycles. The van der Waals surface area contributed by atoms with Crippen LogP contribution in [0.3, 0.4) is 0 Å². The van der Waals surface area contributed by atoms with Crippen molar-refractivity contribution >= 4 is 28.2 Å². The molecule has 1 fully saturated rings. The lowest BCUT2D eigenvalue weighted by Gasteiger charge is -2.18. The number of primary amides is 1. The molecule has 0 spiro atoms. The van der Waals surface area contributed by atoms with Gasteiger partial charge in [-0.15, -0.1) is 5.10 Å². The second-order valence-electron chi connectivity index (χ2n) is 12.0. The molecule has 2 aliphatic rings. The number of nitrogens with zero attached hydrogens (tertiary/aromatic N) is 5. The van der Waals surface area contributed by atoms with Gasteiger partial charge < -0.3 is 35.5 Å². The lowest BCUT2D eigenvalue weighted by atomic mass is 9.91. The highest BCUT2D eigenvalue weighted by Crippen LogP contribution is 2.45. The van der Waals surface area contributed by atoms with Crippen molar-refractivity contribution in [2.24, 2.45) is 5.73 Å². The molecule has 46 heavy (non-hydrogen) atoms. The number of aryl methyl sites for hydroxylation is 1. The first kappa shape index (κ1) is 31.4. The van der Waals surface area contributed by atoms with Crippen LogP contribution in [0.5, 0.6) is 0 Å². The van der Waals surface area contributed by atoms with Crippen LogP contribution in [-0.2, 0) is 34.3 Å². The summed E-state index contributed by atoms with van der Waals surface area (Å²) in [4.78, 5) is 30.9. The number of rotatable bonds is 5. The molecule has 15 heteroatoms. The van der Waals surface area contributed by atoms with Crippen molar-refractivity contribution in [2.75, 3.05) is 7.11 Å². The zero-order chi connectivity index (χ0) is 33.1. The van der Waals surface area contributed by atoms with Crippen LogP contribution >= 0.6 is 0 Å². The quantitative estimate of drug-likeness (QED) is 0.179. The summed E-state index contributed by atoms with van der Waals surface area (Å²) in [5, 5.41) is 35.2. The Kier molecular flexibility index (Phi) is 7.75. The van der Waals surface area contributed by atoms with Crippen molar-refractivity contribution in [3.05, 3.63) is 58.2 Å². The number of aromatic amines is 1. The summed E-state index contributed by atoms with van der Waals surface area (Å²) in [5.74, 6) is -0.660. The maximum atomic E-state index is 15.3. The number of imidazole rings is 1. The summed E-state index contributed by atoms with van der Waals surface area (Å²) >= 11 is 0. The molecule has 0 radical (unpaired) electrons. The van der Waals surface area contributed by atoms with Crippen LogP contribution < -0.4 is 11.4 Å². The molecule has 1 aliphatic carbocycles. The molecule has 0 saturated heterocycles. The van der Waals surface area contributed by atoms with Crippen molar-refractivity contribution in [3.8, 4) is 22.4 Å². The van der Waals surface area contributed by atoms with E-state index in [0.29, 0.717) is 58.4 Å². The minimum Gasteiger partial charge on any atom is -0.453 e. The van der Waals surface area contributed by atoms with Gasteiger partial charge in [-0.2, -0.15) is 4.39 Å². The summed E-state index contributed by atoms with van der Waals surface area (Å²) in [6, 6.07) is 5.71. The fourth-order valence-corrected chi connectivity index (χ4v) is 6.64. The minimum atomic E-state index is -3.45. The topological polar surface area (TPSA) is 196 Å². The number of hydrogen-bond donors (Lipinski definition) is 5. The van der Waals surface area contributed by atoms with Gasteiger partial charge in [0.2, 0.25) is 5.95 Å². The first-order valence-corrected chi connectivity index (χ1v) is 15.0. The zero-order valence-corrected chi connectivity index (χ0v) is 25.9. The van der Waals surface area contributed by atoms with Gasteiger partial charge in [-0.1, -0.05) is 25.0 Å². The van der Waals surface area contributed by atoms with Gasteiger partial charge in [-0.05, 0) is 56.4 Å². The third-order valence-electron chi connectivity index (χ3n) is 8.79. The molecule has 1 saturated carbocycles. The van der Waals surface area contributed by atoms with Crippen molar-refractivity contribution in [1.82, 2.24) is 28.9 Å². The van der Waals surface area contributed by atoms with Crippen molar-refractivity contribution < 1.29 is 34.0 Å². The number of carbonyl (C=O) groups is 1. The molecule has 14 nitrogen and oxygen atoms in total. The van der Waals surface area contributed by atoms with Gasteiger partial charge in [-0.25, -0.2) is 19.1 Å². The molecule has 0 bridgehead atoms. The van der Waals surface area contributed by atoms with Gasteiger partial charge in [0.05, 0.1) is 53.2 Å². The van der Waals surface area contributed by atoms with Crippen molar-refractivity contribution in [1.29, 1.82) is 0 Å². The molecular weight excluding hydrogens is 601 g/mol. The number of fused-ring (bicyclic) bond motifs is 4. The number of halogens is 1. The van der Waals surface area contributed by atoms with E-state index in [-0.39, 0.29) is 17.1 Å². The van der Waals surface area contributed by atoms with Crippen LogP contribution in [0, 0.1) is 5.95 Å². The summed E-state index contributed by atoms with van der Waals surface area (Å²) in [6.07, 6.45) is 2.00. The maximum absolute atomic E-state index is 15.3. The predicted octanol–water partition coefficient (Wildman–Crippen LogP) is 3.51. The number of nitrogens with one attached hydrogen (secondary N) is 1. The molecular formula is C31H36FN7O7. The van der Waals surface area contributed by atoms with E-state index in [4.69, 9.17) is 4.74 Å². The molecule has 7 rings (SSSR count). The third kappa shape index (κ3) is 5.14. The molecule has 0 unspecified atom stereocenters. The number of aliphatic hydroxyl groups is 3. The van der Waals surface area contributed by atoms with E-state index in [2.05, 4.69) is 25.5 Å². The van der Waals surface area contributed by atoms with Crippen LogP contribution in [-0.4, -0.2) is 57.4 Å². The Morgan fingerprint density at radius 3 is 2.57 bits per heavy atom. The van der Waals surface area contributed by atoms with Gasteiger partial charge in [0.15, 0.2) is 0 Å². The average molecular weight is 638 g/mol. The Balaban J connectivity index is 0.000000692. The van der Waals surface area contributed by atoms with Gasteiger partial charge in [0.25, 0.3) is 0 Å². The molecule has 6 N–H and O–H groups in total. The number of aromatic nitrogens is 6. The Bertz CT molecular complexity index is 2030. The normalized spacial score (nSPS) is 16.2. The van der Waals surface area contributed by atoms with Crippen molar-refractivity contribution in [3.63, 3.8) is 0 Å². The Morgan fingerprint density at radius 1 is 1.26 bits per heavy atom. The summed E-state index contributed by atoms with van der Waals surface area (Å²) in [5.41, 5.74) is 8.05. The number of methoxy groups -OCH3 is 1. The number of amides is 1. The Morgan fingerprint density at radius 2 is 1.96 bits per heavy atom. The van der Waals surface area contributed by atoms with E-state index in [0.717, 1.165) is 29.5 Å². The number of pyridine rings is 1. The van der Waals surface area contributed by atoms with Crippen LogP contribution in [0.2, 0.25) is 0 Å². The van der Waals surface area contributed by atoms with E-state index in [1.807, 2.05) is 39.0 Å². The number of benzene rings is 1. The van der Waals surface area contributed by atoms with E-state index in [9.17, 15) is 24.9 Å². The Labute approximate surface area is 261 Å². The fourth-order valence-electron chi connectivity index (χ4n) is 6.64. The van der Waals surface area contributed by atoms with Crippen molar-refractivity contribution in [2.45, 2.75) is 77.3 Å². The smallest absolute Gasteiger partial charge is 0.404 e. The van der Waals surface area contributed by atoms with Crippen LogP contribution in [0.25, 0.3) is 44.5 Å². The highest BCUT2D eigenvalue weighted by molar-refractivity contribution is 6.14. The molecule has 1 aromatic carbocycles. The Hall–Kier alpha value is -4.57. The number of ether oxygens (including phenoxy) is 2. The highest BCUT2D eigenvalue weighted by atomic mass is 19.1. The largest absolute Gasteiger partial charge is 0.453 e. The van der Waals surface area contributed by atoms with Gasteiger partial charge in [-0.3, -0.25) is 9.25 Å². The number of H-pyrrole nitrogens is 1. The molecule has 0 atom stereocenters. The molecule has 1 amide bonds. The van der Waals surface area contributed by atoms with E-state index in [1.54, 1.807) is 6.20 Å². The second-order valence-corrected chi connectivity index (χ2v) is 12.0. The number of nitrogens with two attached hydrogens (primary N) is 1. The molecule has 5 heterocycles. The van der Waals surface area contributed by atoms with Crippen LogP contribution in [0.15, 0.2) is 35.4 Å². The maximum Gasteiger partial charge on any atom is 0.404 e. The van der Waals surface area contributed by atoms with Crippen LogP contribution in [0.1, 0.15) is 63.6 Å². The van der Waals surface area contributed by atoms with Gasteiger partial charge >= 0.3 is 17.9 Å². The SMILES string of the molecule is CCn1cc(-c2[nH]c3ncc4c(c3c2-c2ccc3c(c2)COC3(C)C)n(C2CCCC2)c(=O)n4C(O)(O)O)c(F)n1.COC(N)=O. The first-order chi connectivity index (χ1) is 21.8. The summed E-state index contributed by atoms with van der Waals surface area (Å²) < 4.78 is 28.8. The fraction of sp³-hybridized carbons (Fsp3) is 0.419. The van der Waals surface area contributed by atoms with E-state index < -0.39 is 29.4 Å². The lowest BCUT2D eigenvalue weighted by molar-refractivity contribution is -0.374. The van der Waals surface area contributed by atoms with E-state index >= 15 is 4.39 Å². The van der Waals surface area contributed by atoms with Crippen LogP contribution in [0.4, 0.5) is 9.18 Å². The number of hydrogen-bond acceptors (Lipinski definition) is 9. The summed E-state index contributed by atoms with van der Waals surface area (Å²) in [7, 11) is 1.22.